The van der Waals surface area contributed by atoms with E-state index in [1.807, 2.05) is 67.6 Å². The number of benzene rings is 3. The maximum atomic E-state index is 13.3. The number of carbonyl (C=O) groups excluding carboxylic acids is 1. The summed E-state index contributed by atoms with van der Waals surface area (Å²) in [5.74, 6) is 0.864. The van der Waals surface area contributed by atoms with Gasteiger partial charge in [0.25, 0.3) is 0 Å². The molecule has 3 aromatic carbocycles. The van der Waals surface area contributed by atoms with Crippen LogP contribution in [0.1, 0.15) is 30.9 Å². The Morgan fingerprint density at radius 3 is 2.53 bits per heavy atom. The lowest BCUT2D eigenvalue weighted by Crippen LogP contribution is -2.22. The highest BCUT2D eigenvalue weighted by atomic mass is 32.2. The molecular weight excluding hydrogens is 422 g/mol. The van der Waals surface area contributed by atoms with Gasteiger partial charge in [0.05, 0.1) is 16.2 Å². The number of Topliss-reactive ketones (excluding diaryl/α,β-unsaturated/α-hetero) is 1. The van der Waals surface area contributed by atoms with Gasteiger partial charge in [0, 0.05) is 17.1 Å². The Hall–Kier alpha value is -3.09. The van der Waals surface area contributed by atoms with E-state index in [9.17, 15) is 9.00 Å². The molecule has 4 aromatic rings. The van der Waals surface area contributed by atoms with Gasteiger partial charge in [0.2, 0.25) is 0 Å². The third-order valence-corrected chi connectivity index (χ3v) is 7.49. The summed E-state index contributed by atoms with van der Waals surface area (Å²) in [6.07, 6.45) is 3.60. The van der Waals surface area contributed by atoms with Crippen LogP contribution in [0.15, 0.2) is 82.4 Å². The Morgan fingerprint density at radius 1 is 1.03 bits per heavy atom. The van der Waals surface area contributed by atoms with E-state index in [2.05, 4.69) is 11.1 Å². The predicted octanol–water partition coefficient (Wildman–Crippen LogP) is 4.64. The van der Waals surface area contributed by atoms with Crippen molar-refractivity contribution in [2.45, 2.75) is 36.5 Å². The van der Waals surface area contributed by atoms with Crippen LogP contribution in [0.3, 0.4) is 0 Å². The van der Waals surface area contributed by atoms with Crippen LogP contribution in [0, 0.1) is 0 Å². The molecule has 1 fully saturated rings. The molecule has 32 heavy (non-hydrogen) atoms. The SMILES string of the molecule is CCS(=O)c1ccc(-c2cccc(CC(=O)C3(c4ccc5ocnc5c4)CC3)c2)cc1.O. The fourth-order valence-electron chi connectivity index (χ4n) is 4.19. The zero-order valence-corrected chi connectivity index (χ0v) is 18.7. The molecule has 1 aromatic heterocycles. The molecule has 2 N–H and O–H groups in total. The topological polar surface area (TPSA) is 91.7 Å². The highest BCUT2D eigenvalue weighted by Gasteiger charge is 2.50. The van der Waals surface area contributed by atoms with Crippen molar-refractivity contribution in [1.29, 1.82) is 0 Å². The minimum absolute atomic E-state index is 0. The maximum Gasteiger partial charge on any atom is 0.181 e. The van der Waals surface area contributed by atoms with E-state index >= 15 is 0 Å². The Kier molecular flexibility index (Phi) is 6.09. The van der Waals surface area contributed by atoms with Crippen molar-refractivity contribution in [3.63, 3.8) is 0 Å². The number of fused-ring (bicyclic) bond motifs is 1. The van der Waals surface area contributed by atoms with Gasteiger partial charge in [-0.15, -0.1) is 0 Å². The molecule has 6 heteroatoms. The second-order valence-corrected chi connectivity index (χ2v) is 9.82. The Morgan fingerprint density at radius 2 is 1.81 bits per heavy atom. The largest absolute Gasteiger partial charge is 0.443 e. The molecular formula is C26H25NO4S. The number of hydrogen-bond acceptors (Lipinski definition) is 4. The van der Waals surface area contributed by atoms with Crippen LogP contribution in [0.4, 0.5) is 0 Å². The molecule has 0 bridgehead atoms. The van der Waals surface area contributed by atoms with Crippen molar-refractivity contribution in [2.75, 3.05) is 5.75 Å². The summed E-state index contributed by atoms with van der Waals surface area (Å²) in [5.41, 5.74) is 5.32. The molecule has 1 aliphatic carbocycles. The van der Waals surface area contributed by atoms with Gasteiger partial charge in [-0.1, -0.05) is 49.4 Å². The van der Waals surface area contributed by atoms with Crippen LogP contribution in [0.5, 0.6) is 0 Å². The van der Waals surface area contributed by atoms with Gasteiger partial charge >= 0.3 is 0 Å². The number of aromatic nitrogens is 1. The lowest BCUT2D eigenvalue weighted by molar-refractivity contribution is -0.120. The summed E-state index contributed by atoms with van der Waals surface area (Å²) in [5, 5.41) is 0. The first-order valence-corrected chi connectivity index (χ1v) is 11.9. The zero-order chi connectivity index (χ0) is 21.4. The molecule has 0 aliphatic heterocycles. The van der Waals surface area contributed by atoms with E-state index in [1.165, 1.54) is 6.39 Å². The van der Waals surface area contributed by atoms with Gasteiger partial charge in [-0.3, -0.25) is 9.00 Å². The minimum Gasteiger partial charge on any atom is -0.443 e. The molecule has 1 unspecified atom stereocenters. The van der Waals surface area contributed by atoms with Crippen molar-refractivity contribution in [3.05, 3.63) is 84.3 Å². The standard InChI is InChI=1S/C26H23NO3S.H2O/c1-2-31(29)22-9-6-19(7-10-22)20-5-3-4-18(14-20)15-25(28)26(12-13-26)21-8-11-24-23(16-21)27-17-30-24;/h3-11,14,16-17H,2,12-13,15H2,1H3;1H2. The quantitative estimate of drug-likeness (QED) is 0.413. The van der Waals surface area contributed by atoms with E-state index in [0.29, 0.717) is 12.2 Å². The monoisotopic (exact) mass is 447 g/mol. The van der Waals surface area contributed by atoms with E-state index in [0.717, 1.165) is 51.1 Å². The van der Waals surface area contributed by atoms with Crippen molar-refractivity contribution < 1.29 is 18.9 Å². The second kappa shape index (κ2) is 8.81. The Bertz CT molecular complexity index is 1290. The van der Waals surface area contributed by atoms with E-state index in [1.54, 1.807) is 0 Å². The summed E-state index contributed by atoms with van der Waals surface area (Å²) in [4.78, 5) is 18.4. The average molecular weight is 448 g/mol. The van der Waals surface area contributed by atoms with Gasteiger partial charge in [-0.2, -0.15) is 0 Å². The van der Waals surface area contributed by atoms with Crippen molar-refractivity contribution >= 4 is 27.7 Å². The molecule has 1 heterocycles. The average Bonchev–Trinajstić information content (AvgIpc) is 3.49. The fraction of sp³-hybridized carbons (Fsp3) is 0.231. The molecule has 1 saturated carbocycles. The van der Waals surface area contributed by atoms with Crippen LogP contribution >= 0.6 is 0 Å². The van der Waals surface area contributed by atoms with Crippen LogP contribution in [0.25, 0.3) is 22.2 Å². The minimum atomic E-state index is -0.950. The smallest absolute Gasteiger partial charge is 0.181 e. The highest BCUT2D eigenvalue weighted by molar-refractivity contribution is 7.85. The first-order valence-electron chi connectivity index (χ1n) is 10.5. The molecule has 1 atom stereocenters. The zero-order valence-electron chi connectivity index (χ0n) is 17.8. The number of nitrogens with zero attached hydrogens (tertiary/aromatic N) is 1. The Labute approximate surface area is 189 Å². The fourth-order valence-corrected chi connectivity index (χ4v) is 4.96. The Balaban J connectivity index is 0.00000245. The highest BCUT2D eigenvalue weighted by Crippen LogP contribution is 2.50. The van der Waals surface area contributed by atoms with Crippen LogP contribution in [0.2, 0.25) is 0 Å². The molecule has 0 saturated heterocycles. The van der Waals surface area contributed by atoms with Crippen molar-refractivity contribution in [2.24, 2.45) is 0 Å². The third kappa shape index (κ3) is 4.04. The lowest BCUT2D eigenvalue weighted by Gasteiger charge is -2.15. The van der Waals surface area contributed by atoms with E-state index in [-0.39, 0.29) is 11.3 Å². The maximum absolute atomic E-state index is 13.3. The van der Waals surface area contributed by atoms with E-state index in [4.69, 9.17) is 4.42 Å². The molecule has 0 radical (unpaired) electrons. The van der Waals surface area contributed by atoms with Crippen LogP contribution < -0.4 is 0 Å². The molecule has 5 nitrogen and oxygen atoms in total. The summed E-state index contributed by atoms with van der Waals surface area (Å²) >= 11 is 0. The lowest BCUT2D eigenvalue weighted by atomic mass is 9.87. The van der Waals surface area contributed by atoms with Crippen molar-refractivity contribution in [1.82, 2.24) is 4.98 Å². The first-order chi connectivity index (χ1) is 15.1. The number of ketones is 1. The number of oxazole rings is 1. The van der Waals surface area contributed by atoms with Crippen LogP contribution in [-0.2, 0) is 27.4 Å². The normalized spacial score (nSPS) is 15.2. The first kappa shape index (κ1) is 22.1. The third-order valence-electron chi connectivity index (χ3n) is 6.17. The van der Waals surface area contributed by atoms with Crippen LogP contribution in [-0.4, -0.2) is 26.2 Å². The second-order valence-electron chi connectivity index (χ2n) is 8.08. The summed E-state index contributed by atoms with van der Waals surface area (Å²) in [7, 11) is -0.950. The summed E-state index contributed by atoms with van der Waals surface area (Å²) in [6, 6.07) is 21.9. The summed E-state index contributed by atoms with van der Waals surface area (Å²) < 4.78 is 17.3. The van der Waals surface area contributed by atoms with Gasteiger partial charge in [0.1, 0.15) is 11.3 Å². The molecule has 0 amide bonds. The van der Waals surface area contributed by atoms with Gasteiger partial charge in [-0.05, 0) is 59.4 Å². The van der Waals surface area contributed by atoms with E-state index < -0.39 is 16.2 Å². The molecule has 1 aliphatic rings. The number of rotatable bonds is 7. The van der Waals surface area contributed by atoms with Crippen molar-refractivity contribution in [3.8, 4) is 11.1 Å². The predicted molar refractivity (Wildman–Crippen MR) is 126 cm³/mol. The molecule has 164 valence electrons. The number of carbonyl (C=O) groups is 1. The van der Waals surface area contributed by atoms with Gasteiger partial charge in [-0.25, -0.2) is 4.98 Å². The summed E-state index contributed by atoms with van der Waals surface area (Å²) in [6.45, 7) is 1.92. The molecule has 5 rings (SSSR count). The van der Waals surface area contributed by atoms with Gasteiger partial charge in [0.15, 0.2) is 12.0 Å². The van der Waals surface area contributed by atoms with Gasteiger partial charge < -0.3 is 9.89 Å². The number of hydrogen-bond donors (Lipinski definition) is 0. The molecule has 0 spiro atoms.